The van der Waals surface area contributed by atoms with Crippen LogP contribution in [0, 0.1) is 5.82 Å². The Bertz CT molecular complexity index is 352. The van der Waals surface area contributed by atoms with E-state index in [0.717, 1.165) is 12.8 Å². The third-order valence-corrected chi connectivity index (χ3v) is 3.05. The maximum atomic E-state index is 13.1. The Hall–Kier alpha value is -0.610. The number of halogens is 2. The third kappa shape index (κ3) is 1.91. The molecule has 1 fully saturated rings. The van der Waals surface area contributed by atoms with Gasteiger partial charge in [-0.15, -0.1) is 0 Å². The first kappa shape index (κ1) is 9.93. The molecule has 14 heavy (non-hydrogen) atoms. The van der Waals surface area contributed by atoms with E-state index < -0.39 is 0 Å². The molecule has 2 N–H and O–H groups in total. The van der Waals surface area contributed by atoms with Crippen LogP contribution in [-0.4, -0.2) is 12.1 Å². The molecule has 0 aliphatic heterocycles. The Morgan fingerprint density at radius 3 is 2.71 bits per heavy atom. The Kier molecular flexibility index (Phi) is 2.49. The Morgan fingerprint density at radius 1 is 1.50 bits per heavy atom. The zero-order valence-corrected chi connectivity index (χ0v) is 9.18. The average Bonchev–Trinajstić information content (AvgIpc) is 2.93. The molecule has 1 aliphatic carbocycles. The largest absolute Gasteiger partial charge is 0.486 e. The first-order valence-electron chi connectivity index (χ1n) is 4.49. The smallest absolute Gasteiger partial charge is 0.141 e. The van der Waals surface area contributed by atoms with E-state index in [1.165, 1.54) is 6.07 Å². The van der Waals surface area contributed by atoms with Gasteiger partial charge < -0.3 is 10.5 Å². The molecule has 1 aromatic rings. The van der Waals surface area contributed by atoms with E-state index in [0.29, 0.717) is 16.8 Å². The molecule has 0 atom stereocenters. The fourth-order valence-electron chi connectivity index (χ4n) is 1.28. The Balaban J connectivity index is 2.14. The molecule has 0 spiro atoms. The molecular formula is C10H11BrFNO. The monoisotopic (exact) mass is 259 g/mol. The minimum Gasteiger partial charge on any atom is -0.486 e. The zero-order chi connectivity index (χ0) is 10.2. The highest BCUT2D eigenvalue weighted by molar-refractivity contribution is 9.10. The Morgan fingerprint density at radius 2 is 2.21 bits per heavy atom. The normalized spacial score (nSPS) is 17.9. The predicted octanol–water partition coefficient (Wildman–Crippen LogP) is 2.46. The second-order valence-corrected chi connectivity index (χ2v) is 4.42. The minimum atomic E-state index is -0.310. The summed E-state index contributed by atoms with van der Waals surface area (Å²) in [5.74, 6) is 0.240. The summed E-state index contributed by atoms with van der Waals surface area (Å²) in [5.41, 5.74) is 5.33. The lowest BCUT2D eigenvalue weighted by molar-refractivity contribution is 0.187. The van der Waals surface area contributed by atoms with Crippen LogP contribution in [0.4, 0.5) is 4.39 Å². The number of nitrogens with two attached hydrogens (primary N) is 1. The van der Waals surface area contributed by atoms with Gasteiger partial charge in [0, 0.05) is 12.6 Å². The summed E-state index contributed by atoms with van der Waals surface area (Å²) < 4.78 is 19.2. The molecule has 0 heterocycles. The standard InChI is InChI=1S/C10H11BrFNO/c11-8-2-1-7(5-9(8)12)14-10(6-13)3-4-10/h1-2,5H,3-4,6,13H2. The molecule has 4 heteroatoms. The molecule has 1 aromatic carbocycles. The lowest BCUT2D eigenvalue weighted by Crippen LogP contribution is -2.28. The van der Waals surface area contributed by atoms with Crippen molar-refractivity contribution in [2.45, 2.75) is 18.4 Å². The van der Waals surface area contributed by atoms with Crippen LogP contribution in [0.15, 0.2) is 22.7 Å². The number of hydrogen-bond acceptors (Lipinski definition) is 2. The van der Waals surface area contributed by atoms with Gasteiger partial charge in [0.25, 0.3) is 0 Å². The molecule has 0 bridgehead atoms. The van der Waals surface area contributed by atoms with Crippen molar-refractivity contribution in [3.63, 3.8) is 0 Å². The van der Waals surface area contributed by atoms with Crippen molar-refractivity contribution in [2.75, 3.05) is 6.54 Å². The molecule has 0 unspecified atom stereocenters. The van der Waals surface area contributed by atoms with Gasteiger partial charge in [-0.05, 0) is 40.9 Å². The summed E-state index contributed by atoms with van der Waals surface area (Å²) >= 11 is 3.09. The highest BCUT2D eigenvalue weighted by Crippen LogP contribution is 2.39. The van der Waals surface area contributed by atoms with Gasteiger partial charge in [0.15, 0.2) is 0 Å². The summed E-state index contributed by atoms with van der Waals surface area (Å²) in [6.07, 6.45) is 1.92. The number of ether oxygens (including phenoxy) is 1. The third-order valence-electron chi connectivity index (χ3n) is 2.41. The van der Waals surface area contributed by atoms with Crippen molar-refractivity contribution < 1.29 is 9.13 Å². The highest BCUT2D eigenvalue weighted by atomic mass is 79.9. The zero-order valence-electron chi connectivity index (χ0n) is 7.59. The van der Waals surface area contributed by atoms with E-state index in [4.69, 9.17) is 10.5 Å². The summed E-state index contributed by atoms with van der Waals surface area (Å²) in [4.78, 5) is 0. The average molecular weight is 260 g/mol. The van der Waals surface area contributed by atoms with Crippen molar-refractivity contribution in [3.05, 3.63) is 28.5 Å². The van der Waals surface area contributed by atoms with Crippen molar-refractivity contribution in [2.24, 2.45) is 5.73 Å². The molecule has 1 saturated carbocycles. The van der Waals surface area contributed by atoms with Crippen LogP contribution in [0.3, 0.4) is 0 Å². The predicted molar refractivity (Wildman–Crippen MR) is 55.7 cm³/mol. The molecule has 1 aliphatic rings. The Labute approximate surface area is 90.4 Å². The van der Waals surface area contributed by atoms with E-state index in [9.17, 15) is 4.39 Å². The van der Waals surface area contributed by atoms with E-state index >= 15 is 0 Å². The number of benzene rings is 1. The first-order chi connectivity index (χ1) is 6.65. The fraction of sp³-hybridized carbons (Fsp3) is 0.400. The lowest BCUT2D eigenvalue weighted by Gasteiger charge is -2.15. The van der Waals surface area contributed by atoms with E-state index in [1.54, 1.807) is 12.1 Å². The van der Waals surface area contributed by atoms with Gasteiger partial charge in [0.1, 0.15) is 17.2 Å². The molecule has 0 radical (unpaired) electrons. The summed E-state index contributed by atoms with van der Waals surface area (Å²) in [6, 6.07) is 4.75. The van der Waals surface area contributed by atoms with Crippen LogP contribution in [0.5, 0.6) is 5.75 Å². The molecule has 0 amide bonds. The molecule has 76 valence electrons. The molecule has 2 nitrogen and oxygen atoms in total. The number of rotatable bonds is 3. The number of hydrogen-bond donors (Lipinski definition) is 1. The quantitative estimate of drug-likeness (QED) is 0.906. The maximum absolute atomic E-state index is 13.1. The topological polar surface area (TPSA) is 35.2 Å². The van der Waals surface area contributed by atoms with Gasteiger partial charge in [-0.3, -0.25) is 0 Å². The SMILES string of the molecule is NCC1(Oc2ccc(Br)c(F)c2)CC1. The van der Waals surface area contributed by atoms with Crippen molar-refractivity contribution in [3.8, 4) is 5.75 Å². The molecule has 0 aromatic heterocycles. The molecule has 2 rings (SSSR count). The van der Waals surface area contributed by atoms with Gasteiger partial charge in [-0.25, -0.2) is 4.39 Å². The van der Waals surface area contributed by atoms with E-state index in [2.05, 4.69) is 15.9 Å². The minimum absolute atomic E-state index is 0.222. The van der Waals surface area contributed by atoms with Crippen molar-refractivity contribution in [1.29, 1.82) is 0 Å². The highest BCUT2D eigenvalue weighted by Gasteiger charge is 2.44. The van der Waals surface area contributed by atoms with Crippen LogP contribution in [0.25, 0.3) is 0 Å². The van der Waals surface area contributed by atoms with Crippen molar-refractivity contribution >= 4 is 15.9 Å². The van der Waals surface area contributed by atoms with E-state index in [-0.39, 0.29) is 11.4 Å². The van der Waals surface area contributed by atoms with E-state index in [1.807, 2.05) is 0 Å². The van der Waals surface area contributed by atoms with Crippen LogP contribution < -0.4 is 10.5 Å². The first-order valence-corrected chi connectivity index (χ1v) is 5.29. The van der Waals surface area contributed by atoms with Gasteiger partial charge in [0.2, 0.25) is 0 Å². The van der Waals surface area contributed by atoms with Gasteiger partial charge in [0.05, 0.1) is 4.47 Å². The summed E-state index contributed by atoms with van der Waals surface area (Å²) in [7, 11) is 0. The van der Waals surface area contributed by atoms with Gasteiger partial charge in [-0.2, -0.15) is 0 Å². The maximum Gasteiger partial charge on any atom is 0.141 e. The lowest BCUT2D eigenvalue weighted by atomic mass is 10.3. The second kappa shape index (κ2) is 3.51. The van der Waals surface area contributed by atoms with Crippen LogP contribution in [0.1, 0.15) is 12.8 Å². The van der Waals surface area contributed by atoms with Crippen molar-refractivity contribution in [1.82, 2.24) is 0 Å². The van der Waals surface area contributed by atoms with Crippen LogP contribution in [-0.2, 0) is 0 Å². The van der Waals surface area contributed by atoms with Crippen LogP contribution >= 0.6 is 15.9 Å². The molecular weight excluding hydrogens is 249 g/mol. The fourth-order valence-corrected chi connectivity index (χ4v) is 1.52. The summed E-state index contributed by atoms with van der Waals surface area (Å²) in [6.45, 7) is 0.491. The van der Waals surface area contributed by atoms with Gasteiger partial charge in [-0.1, -0.05) is 0 Å². The summed E-state index contributed by atoms with van der Waals surface area (Å²) in [5, 5.41) is 0. The molecule has 0 saturated heterocycles. The van der Waals surface area contributed by atoms with Crippen LogP contribution in [0.2, 0.25) is 0 Å². The second-order valence-electron chi connectivity index (χ2n) is 3.57. The van der Waals surface area contributed by atoms with Gasteiger partial charge >= 0.3 is 0 Å².